The molecular formula is C18H28N6O. The fourth-order valence-electron chi connectivity index (χ4n) is 2.51. The summed E-state index contributed by atoms with van der Waals surface area (Å²) in [5.41, 5.74) is 7.76. The zero-order valence-electron chi connectivity index (χ0n) is 15.2. The molecule has 0 aliphatic heterocycles. The van der Waals surface area contributed by atoms with E-state index < -0.39 is 0 Å². The number of nitrogen functional groups attached to an aromatic ring is 1. The van der Waals surface area contributed by atoms with Gasteiger partial charge in [0.1, 0.15) is 12.4 Å². The molecule has 25 heavy (non-hydrogen) atoms. The van der Waals surface area contributed by atoms with Gasteiger partial charge in [0.25, 0.3) is 0 Å². The van der Waals surface area contributed by atoms with E-state index in [0.29, 0.717) is 24.9 Å². The highest BCUT2D eigenvalue weighted by molar-refractivity contribution is 5.42. The Morgan fingerprint density at radius 1 is 1.28 bits per heavy atom. The zero-order valence-corrected chi connectivity index (χ0v) is 15.2. The van der Waals surface area contributed by atoms with Crippen LogP contribution in [0.1, 0.15) is 37.9 Å². The Balaban J connectivity index is 2.00. The van der Waals surface area contributed by atoms with Gasteiger partial charge in [-0.15, -0.1) is 0 Å². The van der Waals surface area contributed by atoms with Crippen molar-refractivity contribution in [3.05, 3.63) is 35.7 Å². The van der Waals surface area contributed by atoms with Crippen molar-refractivity contribution < 1.29 is 4.74 Å². The third kappa shape index (κ3) is 6.54. The van der Waals surface area contributed by atoms with Crippen molar-refractivity contribution in [2.75, 3.05) is 31.2 Å². The van der Waals surface area contributed by atoms with Crippen molar-refractivity contribution in [1.29, 1.82) is 0 Å². The molecule has 0 saturated heterocycles. The lowest BCUT2D eigenvalue weighted by atomic mass is 10.1. The Labute approximate surface area is 149 Å². The second kappa shape index (κ2) is 9.78. The van der Waals surface area contributed by atoms with E-state index in [-0.39, 0.29) is 5.95 Å². The van der Waals surface area contributed by atoms with Crippen LogP contribution in [0.15, 0.2) is 24.4 Å². The van der Waals surface area contributed by atoms with Gasteiger partial charge in [-0.2, -0.15) is 4.98 Å². The maximum absolute atomic E-state index is 5.85. The van der Waals surface area contributed by atoms with Gasteiger partial charge in [0.15, 0.2) is 0 Å². The molecule has 2 rings (SSSR count). The number of rotatable bonds is 10. The molecule has 0 fully saturated rings. The molecule has 2 heterocycles. The highest BCUT2D eigenvalue weighted by Crippen LogP contribution is 2.15. The fraction of sp³-hybridized carbons (Fsp3) is 0.500. The predicted octanol–water partition coefficient (Wildman–Crippen LogP) is 2.24. The lowest BCUT2D eigenvalue weighted by Crippen LogP contribution is -2.16. The summed E-state index contributed by atoms with van der Waals surface area (Å²) in [6, 6.07) is 6.16. The zero-order chi connectivity index (χ0) is 18.1. The summed E-state index contributed by atoms with van der Waals surface area (Å²) in [5.74, 6) is 1.67. The van der Waals surface area contributed by atoms with Crippen molar-refractivity contribution in [2.24, 2.45) is 0 Å². The molecule has 0 aromatic carbocycles. The van der Waals surface area contributed by atoms with E-state index in [9.17, 15) is 0 Å². The van der Waals surface area contributed by atoms with Crippen LogP contribution < -0.4 is 21.1 Å². The molecule has 4 N–H and O–H groups in total. The number of likely N-dealkylation sites (N-methyl/N-ethyl adjacent to an activating group) is 1. The van der Waals surface area contributed by atoms with E-state index in [0.717, 1.165) is 36.5 Å². The molecule has 1 atom stereocenters. The average Bonchev–Trinajstić information content (AvgIpc) is 2.56. The third-order valence-electron chi connectivity index (χ3n) is 3.70. The minimum Gasteiger partial charge on any atom is -0.476 e. The quantitative estimate of drug-likeness (QED) is 0.569. The first-order valence-corrected chi connectivity index (χ1v) is 8.73. The molecule has 0 aliphatic rings. The van der Waals surface area contributed by atoms with Gasteiger partial charge >= 0.3 is 0 Å². The minimum atomic E-state index is 0.281. The van der Waals surface area contributed by atoms with E-state index in [1.54, 1.807) is 6.20 Å². The van der Waals surface area contributed by atoms with E-state index in [4.69, 9.17) is 10.5 Å². The summed E-state index contributed by atoms with van der Waals surface area (Å²) in [6.07, 6.45) is 4.65. The molecule has 136 valence electrons. The molecule has 0 radical (unpaired) electrons. The van der Waals surface area contributed by atoms with Gasteiger partial charge in [-0.1, -0.05) is 19.4 Å². The second-order valence-electron chi connectivity index (χ2n) is 6.07. The Morgan fingerprint density at radius 3 is 2.80 bits per heavy atom. The fourth-order valence-corrected chi connectivity index (χ4v) is 2.51. The summed E-state index contributed by atoms with van der Waals surface area (Å²) in [7, 11) is 1.89. The minimum absolute atomic E-state index is 0.281. The van der Waals surface area contributed by atoms with Crippen LogP contribution in [0.5, 0.6) is 5.88 Å². The molecule has 0 aliphatic carbocycles. The monoisotopic (exact) mass is 344 g/mol. The van der Waals surface area contributed by atoms with Gasteiger partial charge in [0, 0.05) is 37.3 Å². The average molecular weight is 344 g/mol. The summed E-state index contributed by atoms with van der Waals surface area (Å²) in [6.45, 7) is 5.68. The van der Waals surface area contributed by atoms with Gasteiger partial charge in [0.05, 0.1) is 5.69 Å². The Hall–Kier alpha value is -2.41. The van der Waals surface area contributed by atoms with Crippen LogP contribution in [0.4, 0.5) is 11.8 Å². The van der Waals surface area contributed by atoms with Gasteiger partial charge in [-0.25, -0.2) is 9.97 Å². The normalized spacial score (nSPS) is 12.0. The first kappa shape index (κ1) is 18.9. The topological polar surface area (TPSA) is 98.0 Å². The highest BCUT2D eigenvalue weighted by atomic mass is 16.5. The number of ether oxygens (including phenoxy) is 1. The maximum Gasteiger partial charge on any atom is 0.222 e. The Morgan fingerprint density at radius 2 is 2.12 bits per heavy atom. The number of pyridine rings is 1. The first-order valence-electron chi connectivity index (χ1n) is 8.73. The maximum atomic E-state index is 5.85. The predicted molar refractivity (Wildman–Crippen MR) is 101 cm³/mol. The lowest BCUT2D eigenvalue weighted by Gasteiger charge is -2.14. The Bertz CT molecular complexity index is 647. The smallest absolute Gasteiger partial charge is 0.222 e. The summed E-state index contributed by atoms with van der Waals surface area (Å²) in [5, 5.41) is 6.40. The number of anilines is 2. The molecule has 0 bridgehead atoms. The number of nitrogens with one attached hydrogen (secondary N) is 2. The summed E-state index contributed by atoms with van der Waals surface area (Å²) in [4.78, 5) is 12.9. The molecule has 2 aromatic rings. The van der Waals surface area contributed by atoms with Gasteiger partial charge in [-0.05, 0) is 26.0 Å². The van der Waals surface area contributed by atoms with Crippen LogP contribution in [0.2, 0.25) is 0 Å². The summed E-state index contributed by atoms with van der Waals surface area (Å²) >= 11 is 0. The van der Waals surface area contributed by atoms with Crippen LogP contribution in [-0.4, -0.2) is 41.2 Å². The number of hydrogen-bond acceptors (Lipinski definition) is 7. The molecule has 0 saturated carbocycles. The van der Waals surface area contributed by atoms with Crippen LogP contribution in [-0.2, 0) is 6.42 Å². The van der Waals surface area contributed by atoms with E-state index in [1.165, 1.54) is 0 Å². The van der Waals surface area contributed by atoms with E-state index in [1.807, 2.05) is 25.2 Å². The molecule has 0 spiro atoms. The largest absolute Gasteiger partial charge is 0.476 e. The molecular weight excluding hydrogens is 316 g/mol. The standard InChI is InChI=1S/C18H28N6O/c1-4-5-13(2)22-16-11-15(23-18(19)24-16)10-14-6-7-17(21-12-14)25-9-8-20-3/h6-7,11-13,20H,4-5,8-10H2,1-3H3,(H3,19,22,23,24)/t13-/m1/s1. The van der Waals surface area contributed by atoms with Crippen molar-refractivity contribution in [3.8, 4) is 5.88 Å². The third-order valence-corrected chi connectivity index (χ3v) is 3.70. The lowest BCUT2D eigenvalue weighted by molar-refractivity contribution is 0.306. The second-order valence-corrected chi connectivity index (χ2v) is 6.07. The first-order chi connectivity index (χ1) is 12.1. The van der Waals surface area contributed by atoms with E-state index in [2.05, 4.69) is 39.4 Å². The van der Waals surface area contributed by atoms with Crippen molar-refractivity contribution in [3.63, 3.8) is 0 Å². The van der Waals surface area contributed by atoms with E-state index >= 15 is 0 Å². The van der Waals surface area contributed by atoms with Crippen molar-refractivity contribution >= 4 is 11.8 Å². The van der Waals surface area contributed by atoms with Crippen LogP contribution in [0, 0.1) is 0 Å². The number of nitrogens with two attached hydrogens (primary N) is 1. The summed E-state index contributed by atoms with van der Waals surface area (Å²) < 4.78 is 5.53. The van der Waals surface area contributed by atoms with Crippen LogP contribution in [0.25, 0.3) is 0 Å². The van der Waals surface area contributed by atoms with Gasteiger partial charge in [0.2, 0.25) is 11.8 Å². The number of nitrogens with zero attached hydrogens (tertiary/aromatic N) is 3. The number of aromatic nitrogens is 3. The molecule has 2 aromatic heterocycles. The van der Waals surface area contributed by atoms with Crippen molar-refractivity contribution in [2.45, 2.75) is 39.2 Å². The number of hydrogen-bond donors (Lipinski definition) is 3. The van der Waals surface area contributed by atoms with Crippen LogP contribution in [0.3, 0.4) is 0 Å². The SMILES string of the molecule is CCC[C@@H](C)Nc1cc(Cc2ccc(OCCNC)nc2)nc(N)n1. The van der Waals surface area contributed by atoms with Gasteiger partial charge in [-0.3, -0.25) is 0 Å². The van der Waals surface area contributed by atoms with Crippen LogP contribution >= 0.6 is 0 Å². The molecule has 0 unspecified atom stereocenters. The molecule has 7 nitrogen and oxygen atoms in total. The Kier molecular flexibility index (Phi) is 7.40. The van der Waals surface area contributed by atoms with Crippen molar-refractivity contribution in [1.82, 2.24) is 20.3 Å². The molecule has 7 heteroatoms. The highest BCUT2D eigenvalue weighted by Gasteiger charge is 2.07. The molecule has 0 amide bonds. The van der Waals surface area contributed by atoms with Gasteiger partial charge < -0.3 is 21.1 Å².